The van der Waals surface area contributed by atoms with E-state index in [1.54, 1.807) is 23.0 Å². The monoisotopic (exact) mass is 384 g/mol. The molecule has 0 bridgehead atoms. The van der Waals surface area contributed by atoms with Crippen LogP contribution in [0.5, 0.6) is 0 Å². The predicted octanol–water partition coefficient (Wildman–Crippen LogP) is 4.36. The van der Waals surface area contributed by atoms with Gasteiger partial charge in [-0.25, -0.2) is 4.79 Å². The van der Waals surface area contributed by atoms with Crippen molar-refractivity contribution in [1.29, 1.82) is 0 Å². The van der Waals surface area contributed by atoms with Crippen molar-refractivity contribution in [1.82, 2.24) is 0 Å². The second-order valence-electron chi connectivity index (χ2n) is 5.94. The molecule has 0 aromatic rings. The molecule has 1 saturated carbocycles. The van der Waals surface area contributed by atoms with Crippen LogP contribution in [0.2, 0.25) is 0 Å². The smallest absolute Gasteiger partial charge is 0.431 e. The van der Waals surface area contributed by atoms with E-state index in [1.807, 2.05) is 6.92 Å². The topological polar surface area (TPSA) is 44.8 Å². The summed E-state index contributed by atoms with van der Waals surface area (Å²) in [5.41, 5.74) is 0. The summed E-state index contributed by atoms with van der Waals surface area (Å²) in [7, 11) is 0. The number of hydrogen-bond donors (Lipinski definition) is 0. The molecule has 0 N–H and O–H groups in total. The summed E-state index contributed by atoms with van der Waals surface area (Å²) in [6, 6.07) is 0. The summed E-state index contributed by atoms with van der Waals surface area (Å²) in [6.45, 7) is 8.67. The van der Waals surface area contributed by atoms with Crippen LogP contribution in [0.3, 0.4) is 0 Å². The Kier molecular flexibility index (Phi) is 7.42. The molecular formula is C14H25IO4. The van der Waals surface area contributed by atoms with E-state index in [2.05, 4.69) is 20.8 Å². The van der Waals surface area contributed by atoms with Crippen LogP contribution < -0.4 is 0 Å². The van der Waals surface area contributed by atoms with Gasteiger partial charge in [0.15, 0.2) is 0 Å². The van der Waals surface area contributed by atoms with Crippen molar-refractivity contribution in [2.45, 2.75) is 59.2 Å². The normalized spacial score (nSPS) is 29.1. The first-order valence-electron chi connectivity index (χ1n) is 7.04. The Morgan fingerprint density at radius 1 is 1.32 bits per heavy atom. The van der Waals surface area contributed by atoms with E-state index < -0.39 is 6.16 Å². The van der Waals surface area contributed by atoms with E-state index in [1.165, 1.54) is 6.42 Å². The van der Waals surface area contributed by atoms with Crippen LogP contribution in [-0.2, 0) is 12.5 Å². The SMILES string of the molecule is CC1CC[C@@H](C(C)C)C(OC(=O)OCC(C)OI)C1. The molecule has 0 radical (unpaired) electrons. The highest BCUT2D eigenvalue weighted by atomic mass is 127. The van der Waals surface area contributed by atoms with E-state index in [9.17, 15) is 4.79 Å². The Balaban J connectivity index is 2.44. The summed E-state index contributed by atoms with van der Waals surface area (Å²) < 4.78 is 15.6. The Bertz CT molecular complexity index is 283. The van der Waals surface area contributed by atoms with Gasteiger partial charge in [0.05, 0.1) is 0 Å². The zero-order valence-corrected chi connectivity index (χ0v) is 14.4. The van der Waals surface area contributed by atoms with Crippen LogP contribution in [0.15, 0.2) is 0 Å². The van der Waals surface area contributed by atoms with Gasteiger partial charge in [0.1, 0.15) is 41.8 Å². The molecule has 0 aliphatic heterocycles. The second-order valence-corrected chi connectivity index (χ2v) is 6.45. The van der Waals surface area contributed by atoms with Gasteiger partial charge in [0, 0.05) is 0 Å². The highest BCUT2D eigenvalue weighted by Crippen LogP contribution is 2.35. The van der Waals surface area contributed by atoms with Crippen molar-refractivity contribution in [3.8, 4) is 0 Å². The molecule has 4 nitrogen and oxygen atoms in total. The predicted molar refractivity (Wildman–Crippen MR) is 82.1 cm³/mol. The van der Waals surface area contributed by atoms with Gasteiger partial charge >= 0.3 is 6.16 Å². The third-order valence-corrected chi connectivity index (χ3v) is 4.67. The van der Waals surface area contributed by atoms with Gasteiger partial charge in [0.25, 0.3) is 0 Å². The highest BCUT2D eigenvalue weighted by Gasteiger charge is 2.33. The summed E-state index contributed by atoms with van der Waals surface area (Å²) in [5.74, 6) is 1.59. The Hall–Kier alpha value is -0.0400. The quantitative estimate of drug-likeness (QED) is 0.522. The molecule has 1 aliphatic carbocycles. The Morgan fingerprint density at radius 2 is 2.00 bits per heavy atom. The molecule has 1 aliphatic rings. The maximum absolute atomic E-state index is 11.7. The maximum atomic E-state index is 11.7. The van der Waals surface area contributed by atoms with Gasteiger partial charge in [-0.05, 0) is 37.5 Å². The first kappa shape index (κ1) is 17.0. The van der Waals surface area contributed by atoms with Gasteiger partial charge in [-0.1, -0.05) is 27.2 Å². The zero-order chi connectivity index (χ0) is 14.4. The lowest BCUT2D eigenvalue weighted by Crippen LogP contribution is -2.36. The molecular weight excluding hydrogens is 359 g/mol. The molecule has 4 atom stereocenters. The van der Waals surface area contributed by atoms with E-state index in [-0.39, 0.29) is 18.8 Å². The first-order chi connectivity index (χ1) is 8.93. The molecule has 19 heavy (non-hydrogen) atoms. The average Bonchev–Trinajstić information content (AvgIpc) is 2.35. The van der Waals surface area contributed by atoms with Crippen LogP contribution in [0, 0.1) is 17.8 Å². The molecule has 0 heterocycles. The number of ether oxygens (including phenoxy) is 2. The van der Waals surface area contributed by atoms with Crippen molar-refractivity contribution in [3.05, 3.63) is 0 Å². The van der Waals surface area contributed by atoms with Crippen molar-refractivity contribution in [2.75, 3.05) is 6.61 Å². The van der Waals surface area contributed by atoms with Crippen LogP contribution in [0.1, 0.15) is 47.0 Å². The van der Waals surface area contributed by atoms with Gasteiger partial charge in [-0.3, -0.25) is 0 Å². The molecule has 1 fully saturated rings. The van der Waals surface area contributed by atoms with Crippen molar-refractivity contribution >= 4 is 29.2 Å². The highest BCUT2D eigenvalue weighted by molar-refractivity contribution is 14.1. The van der Waals surface area contributed by atoms with Gasteiger partial charge in [-0.2, -0.15) is 0 Å². The van der Waals surface area contributed by atoms with Crippen LogP contribution >= 0.6 is 23.0 Å². The fourth-order valence-electron chi connectivity index (χ4n) is 2.62. The molecule has 0 aromatic heterocycles. The first-order valence-corrected chi connectivity index (χ1v) is 7.92. The largest absolute Gasteiger partial charge is 0.508 e. The Morgan fingerprint density at radius 3 is 2.58 bits per heavy atom. The van der Waals surface area contributed by atoms with Crippen molar-refractivity contribution in [3.63, 3.8) is 0 Å². The molecule has 0 amide bonds. The summed E-state index contributed by atoms with van der Waals surface area (Å²) in [5, 5.41) is 0. The maximum Gasteiger partial charge on any atom is 0.508 e. The summed E-state index contributed by atoms with van der Waals surface area (Å²) in [4.78, 5) is 11.7. The molecule has 0 spiro atoms. The van der Waals surface area contributed by atoms with Crippen LogP contribution in [0.25, 0.3) is 0 Å². The minimum atomic E-state index is -0.565. The van der Waals surface area contributed by atoms with Gasteiger partial charge in [-0.15, -0.1) is 0 Å². The minimum absolute atomic E-state index is 0.00734. The molecule has 0 saturated heterocycles. The molecule has 1 rings (SSSR count). The molecule has 3 unspecified atom stereocenters. The van der Waals surface area contributed by atoms with Crippen molar-refractivity contribution in [2.24, 2.45) is 17.8 Å². The summed E-state index contributed by atoms with van der Waals surface area (Å²) >= 11 is 1.80. The van der Waals surface area contributed by atoms with Crippen molar-refractivity contribution < 1.29 is 17.3 Å². The lowest BCUT2D eigenvalue weighted by atomic mass is 9.75. The zero-order valence-electron chi connectivity index (χ0n) is 12.2. The number of hydrogen-bond acceptors (Lipinski definition) is 4. The lowest BCUT2D eigenvalue weighted by Gasteiger charge is -2.36. The molecule has 0 aromatic carbocycles. The number of carbonyl (C=O) groups is 1. The van der Waals surface area contributed by atoms with Gasteiger partial charge in [0.2, 0.25) is 0 Å². The van der Waals surface area contributed by atoms with E-state index in [0.29, 0.717) is 17.8 Å². The third kappa shape index (κ3) is 5.85. The standard InChI is InChI=1S/C14H25IO4/c1-9(2)12-6-5-10(3)7-13(12)18-14(16)17-8-11(4)19-15/h9-13H,5-8H2,1-4H3/t10?,11?,12-,13?/m0/s1. The molecule has 112 valence electrons. The van der Waals surface area contributed by atoms with E-state index >= 15 is 0 Å². The number of carbonyl (C=O) groups excluding carboxylic acids is 1. The second kappa shape index (κ2) is 8.29. The summed E-state index contributed by atoms with van der Waals surface area (Å²) in [6.07, 6.45) is 2.61. The number of halogens is 1. The van der Waals surface area contributed by atoms with E-state index in [4.69, 9.17) is 12.5 Å². The minimum Gasteiger partial charge on any atom is -0.431 e. The third-order valence-electron chi connectivity index (χ3n) is 3.80. The van der Waals surface area contributed by atoms with Gasteiger partial charge < -0.3 is 12.5 Å². The fourth-order valence-corrected chi connectivity index (χ4v) is 2.77. The van der Waals surface area contributed by atoms with Crippen LogP contribution in [-0.4, -0.2) is 25.0 Å². The lowest BCUT2D eigenvalue weighted by molar-refractivity contribution is -0.0374. The van der Waals surface area contributed by atoms with E-state index in [0.717, 1.165) is 12.8 Å². The Labute approximate surface area is 130 Å². The molecule has 5 heteroatoms. The fraction of sp³-hybridized carbons (Fsp3) is 0.929. The average molecular weight is 384 g/mol. The van der Waals surface area contributed by atoms with Crippen LogP contribution in [0.4, 0.5) is 4.79 Å². The number of rotatable bonds is 5.